The second-order valence-electron chi connectivity index (χ2n) is 5.93. The molecule has 2 aliphatic heterocycles. The van der Waals surface area contributed by atoms with Gasteiger partial charge in [0.15, 0.2) is 5.79 Å². The van der Waals surface area contributed by atoms with Crippen LogP contribution in [0.4, 0.5) is 0 Å². The Bertz CT molecular complexity index is 502. The molecule has 2 saturated heterocycles. The van der Waals surface area contributed by atoms with E-state index in [2.05, 4.69) is 16.8 Å². The molecule has 5 nitrogen and oxygen atoms in total. The summed E-state index contributed by atoms with van der Waals surface area (Å²) >= 11 is 0. The minimum Gasteiger partial charge on any atom is -0.496 e. The maximum Gasteiger partial charge on any atom is 0.170 e. The highest BCUT2D eigenvalue weighted by molar-refractivity contribution is 5.41. The van der Waals surface area contributed by atoms with E-state index in [1.165, 1.54) is 0 Å². The smallest absolute Gasteiger partial charge is 0.170 e. The molecule has 2 fully saturated rings. The largest absolute Gasteiger partial charge is 0.496 e. The summed E-state index contributed by atoms with van der Waals surface area (Å²) in [7, 11) is 1.72. The van der Waals surface area contributed by atoms with Gasteiger partial charge in [-0.05, 0) is 13.8 Å². The SMILES string of the molecule is COc1c(C)cnc(CN2CCC3(CC2)OCCO3)c1C. The number of hydrogen-bond acceptors (Lipinski definition) is 5. The lowest BCUT2D eigenvalue weighted by atomic mass is 10.0. The average Bonchev–Trinajstić information content (AvgIpc) is 2.93. The van der Waals surface area contributed by atoms with Crippen LogP contribution in [-0.2, 0) is 16.0 Å². The molecule has 116 valence electrons. The van der Waals surface area contributed by atoms with Crippen LogP contribution in [0.5, 0.6) is 5.75 Å². The van der Waals surface area contributed by atoms with Crippen LogP contribution in [0.3, 0.4) is 0 Å². The van der Waals surface area contributed by atoms with E-state index in [0.29, 0.717) is 0 Å². The summed E-state index contributed by atoms with van der Waals surface area (Å²) in [6, 6.07) is 0. The average molecular weight is 292 g/mol. The summed E-state index contributed by atoms with van der Waals surface area (Å²) in [6.07, 6.45) is 3.78. The normalized spacial score (nSPS) is 21.9. The zero-order chi connectivity index (χ0) is 14.9. The second kappa shape index (κ2) is 5.91. The minimum atomic E-state index is -0.302. The number of rotatable bonds is 3. The van der Waals surface area contributed by atoms with E-state index in [1.807, 2.05) is 13.1 Å². The highest BCUT2D eigenvalue weighted by atomic mass is 16.7. The molecule has 1 spiro atoms. The lowest BCUT2D eigenvalue weighted by Crippen LogP contribution is -2.44. The minimum absolute atomic E-state index is 0.302. The van der Waals surface area contributed by atoms with Crippen LogP contribution in [0.2, 0.25) is 0 Å². The van der Waals surface area contributed by atoms with Crippen LogP contribution in [0.25, 0.3) is 0 Å². The molecule has 0 saturated carbocycles. The standard InChI is InChI=1S/C16H24N2O3/c1-12-10-17-14(13(2)15(12)19-3)11-18-6-4-16(5-7-18)20-8-9-21-16/h10H,4-9,11H2,1-3H3. The van der Waals surface area contributed by atoms with Gasteiger partial charge in [0.05, 0.1) is 26.0 Å². The van der Waals surface area contributed by atoms with E-state index in [0.717, 1.165) is 68.3 Å². The van der Waals surface area contributed by atoms with Crippen molar-refractivity contribution in [1.82, 2.24) is 9.88 Å². The van der Waals surface area contributed by atoms with Gasteiger partial charge >= 0.3 is 0 Å². The number of piperidine rings is 1. The van der Waals surface area contributed by atoms with Crippen LogP contribution in [-0.4, -0.2) is 49.1 Å². The number of likely N-dealkylation sites (tertiary alicyclic amines) is 1. The number of aryl methyl sites for hydroxylation is 1. The van der Waals surface area contributed by atoms with Gasteiger partial charge in [0.2, 0.25) is 0 Å². The Labute approximate surface area is 126 Å². The molecule has 0 atom stereocenters. The van der Waals surface area contributed by atoms with Crippen LogP contribution in [0.15, 0.2) is 6.20 Å². The number of aromatic nitrogens is 1. The van der Waals surface area contributed by atoms with Gasteiger partial charge in [-0.3, -0.25) is 9.88 Å². The number of ether oxygens (including phenoxy) is 3. The summed E-state index contributed by atoms with van der Waals surface area (Å²) in [5, 5.41) is 0. The molecule has 0 aliphatic carbocycles. The molecule has 0 unspecified atom stereocenters. The van der Waals surface area contributed by atoms with Gasteiger partial charge in [0, 0.05) is 49.8 Å². The predicted octanol–water partition coefficient (Wildman–Crippen LogP) is 2.05. The Kier molecular flexibility index (Phi) is 4.15. The van der Waals surface area contributed by atoms with Gasteiger partial charge in [-0.2, -0.15) is 0 Å². The Morgan fingerprint density at radius 1 is 1.24 bits per heavy atom. The lowest BCUT2D eigenvalue weighted by Gasteiger charge is -2.37. The van der Waals surface area contributed by atoms with Crippen molar-refractivity contribution in [1.29, 1.82) is 0 Å². The molecule has 0 radical (unpaired) electrons. The van der Waals surface area contributed by atoms with Crippen molar-refractivity contribution in [2.75, 3.05) is 33.4 Å². The van der Waals surface area contributed by atoms with Crippen molar-refractivity contribution in [3.63, 3.8) is 0 Å². The number of pyridine rings is 1. The molecule has 0 amide bonds. The van der Waals surface area contributed by atoms with E-state index < -0.39 is 0 Å². The number of hydrogen-bond donors (Lipinski definition) is 0. The van der Waals surface area contributed by atoms with Gasteiger partial charge in [0.25, 0.3) is 0 Å². The van der Waals surface area contributed by atoms with E-state index in [1.54, 1.807) is 7.11 Å². The summed E-state index contributed by atoms with van der Waals surface area (Å²) in [6.45, 7) is 8.41. The van der Waals surface area contributed by atoms with Crippen molar-refractivity contribution < 1.29 is 14.2 Å². The van der Waals surface area contributed by atoms with E-state index >= 15 is 0 Å². The summed E-state index contributed by atoms with van der Waals surface area (Å²) in [4.78, 5) is 7.00. The van der Waals surface area contributed by atoms with Gasteiger partial charge in [-0.15, -0.1) is 0 Å². The van der Waals surface area contributed by atoms with Gasteiger partial charge in [0.1, 0.15) is 5.75 Å². The van der Waals surface area contributed by atoms with E-state index in [9.17, 15) is 0 Å². The second-order valence-corrected chi connectivity index (χ2v) is 5.93. The molecular weight excluding hydrogens is 268 g/mol. The van der Waals surface area contributed by atoms with Crippen LogP contribution in [0.1, 0.15) is 29.7 Å². The summed E-state index contributed by atoms with van der Waals surface area (Å²) < 4.78 is 17.0. The first kappa shape index (κ1) is 14.8. The van der Waals surface area contributed by atoms with Crippen LogP contribution >= 0.6 is 0 Å². The molecule has 0 aromatic carbocycles. The molecule has 21 heavy (non-hydrogen) atoms. The van der Waals surface area contributed by atoms with Crippen molar-refractivity contribution >= 4 is 0 Å². The van der Waals surface area contributed by atoms with Crippen LogP contribution < -0.4 is 4.74 Å². The summed E-state index contributed by atoms with van der Waals surface area (Å²) in [5.74, 6) is 0.653. The van der Waals surface area contributed by atoms with Crippen LogP contribution in [0, 0.1) is 13.8 Å². The van der Waals surface area contributed by atoms with Crippen molar-refractivity contribution in [2.24, 2.45) is 0 Å². The number of methoxy groups -OCH3 is 1. The molecular formula is C16H24N2O3. The lowest BCUT2D eigenvalue weighted by molar-refractivity contribution is -0.185. The highest BCUT2D eigenvalue weighted by Gasteiger charge is 2.39. The maximum atomic E-state index is 5.77. The number of nitrogens with zero attached hydrogens (tertiary/aromatic N) is 2. The summed E-state index contributed by atoms with van der Waals surface area (Å²) in [5.41, 5.74) is 3.33. The fourth-order valence-electron chi connectivity index (χ4n) is 3.28. The van der Waals surface area contributed by atoms with Crippen molar-refractivity contribution in [3.05, 3.63) is 23.0 Å². The first-order valence-electron chi connectivity index (χ1n) is 7.63. The molecule has 3 heterocycles. The van der Waals surface area contributed by atoms with Gasteiger partial charge < -0.3 is 14.2 Å². The molecule has 3 rings (SSSR count). The van der Waals surface area contributed by atoms with Crippen molar-refractivity contribution in [3.8, 4) is 5.75 Å². The first-order chi connectivity index (χ1) is 10.1. The Morgan fingerprint density at radius 3 is 2.52 bits per heavy atom. The third-order valence-corrected chi connectivity index (χ3v) is 4.55. The fraction of sp³-hybridized carbons (Fsp3) is 0.688. The zero-order valence-corrected chi connectivity index (χ0v) is 13.1. The quantitative estimate of drug-likeness (QED) is 0.853. The van der Waals surface area contributed by atoms with Gasteiger partial charge in [-0.1, -0.05) is 0 Å². The third kappa shape index (κ3) is 2.91. The topological polar surface area (TPSA) is 43.8 Å². The molecule has 2 aliphatic rings. The van der Waals surface area contributed by atoms with Crippen molar-refractivity contribution in [2.45, 2.75) is 39.0 Å². The highest BCUT2D eigenvalue weighted by Crippen LogP contribution is 2.32. The monoisotopic (exact) mass is 292 g/mol. The zero-order valence-electron chi connectivity index (χ0n) is 13.1. The van der Waals surface area contributed by atoms with E-state index in [-0.39, 0.29) is 5.79 Å². The molecule has 5 heteroatoms. The Balaban J connectivity index is 1.65. The molecule has 0 N–H and O–H groups in total. The maximum absolute atomic E-state index is 5.77. The fourth-order valence-corrected chi connectivity index (χ4v) is 3.28. The van der Waals surface area contributed by atoms with E-state index in [4.69, 9.17) is 14.2 Å². The Morgan fingerprint density at radius 2 is 1.90 bits per heavy atom. The molecule has 1 aromatic heterocycles. The van der Waals surface area contributed by atoms with Gasteiger partial charge in [-0.25, -0.2) is 0 Å². The molecule has 1 aromatic rings. The first-order valence-corrected chi connectivity index (χ1v) is 7.63. The molecule has 0 bridgehead atoms. The Hall–Kier alpha value is -1.17. The predicted molar refractivity (Wildman–Crippen MR) is 79.4 cm³/mol. The third-order valence-electron chi connectivity index (χ3n) is 4.55.